The highest BCUT2D eigenvalue weighted by molar-refractivity contribution is 5.67. The number of rotatable bonds is 0. The first kappa shape index (κ1) is 14.4. The van der Waals surface area contributed by atoms with E-state index in [1.807, 2.05) is 0 Å². The van der Waals surface area contributed by atoms with E-state index < -0.39 is 0 Å². The largest absolute Gasteiger partial charge is 0.385 e. The molecule has 0 aromatic heterocycles. The Morgan fingerprint density at radius 1 is 0.708 bits per heavy atom. The molecule has 0 spiro atoms. The minimum Gasteiger partial charge on any atom is -0.385 e. The maximum absolute atomic E-state index is 3.61. The zero-order valence-electron chi connectivity index (χ0n) is 14.8. The molecule has 0 atom stereocenters. The van der Waals surface area contributed by atoms with Crippen molar-refractivity contribution < 1.29 is 0 Å². The molecule has 24 heavy (non-hydrogen) atoms. The van der Waals surface area contributed by atoms with E-state index in [1.54, 1.807) is 11.1 Å². The Morgan fingerprint density at radius 3 is 1.71 bits per heavy atom. The predicted molar refractivity (Wildman–Crippen MR) is 101 cm³/mol. The Morgan fingerprint density at radius 2 is 1.21 bits per heavy atom. The smallest absolute Gasteiger partial charge is 0.0376 e. The summed E-state index contributed by atoms with van der Waals surface area (Å²) in [5, 5.41) is 7.22. The van der Waals surface area contributed by atoms with Crippen LogP contribution in [-0.2, 0) is 24.7 Å². The van der Waals surface area contributed by atoms with Crippen LogP contribution in [0.25, 0.3) is 0 Å². The number of aryl methyl sites for hydroxylation is 2. The van der Waals surface area contributed by atoms with E-state index >= 15 is 0 Å². The van der Waals surface area contributed by atoms with Gasteiger partial charge in [0, 0.05) is 29.9 Å². The zero-order valence-corrected chi connectivity index (χ0v) is 14.8. The molecule has 2 heterocycles. The van der Waals surface area contributed by atoms with Gasteiger partial charge in [0.1, 0.15) is 0 Å². The fourth-order valence-corrected chi connectivity index (χ4v) is 4.94. The second kappa shape index (κ2) is 5.02. The van der Waals surface area contributed by atoms with Gasteiger partial charge in [0.25, 0.3) is 0 Å². The molecule has 2 heteroatoms. The molecule has 2 nitrogen and oxygen atoms in total. The molecule has 124 valence electrons. The normalized spacial score (nSPS) is 19.9. The molecule has 2 N–H and O–H groups in total. The molecule has 2 aliphatic heterocycles. The lowest BCUT2D eigenvalue weighted by atomic mass is 9.67. The summed E-state index contributed by atoms with van der Waals surface area (Å²) in [7, 11) is 0. The predicted octanol–water partition coefficient (Wildman–Crippen LogP) is 4.63. The quantitative estimate of drug-likeness (QED) is 0.740. The van der Waals surface area contributed by atoms with Gasteiger partial charge in [-0.3, -0.25) is 0 Å². The third kappa shape index (κ3) is 2.02. The lowest BCUT2D eigenvalue weighted by Crippen LogP contribution is -2.29. The summed E-state index contributed by atoms with van der Waals surface area (Å²) in [6.45, 7) is 7.02. The van der Waals surface area contributed by atoms with Crippen LogP contribution in [0.5, 0.6) is 0 Å². The number of benzene rings is 2. The number of hydrogen-bond acceptors (Lipinski definition) is 2. The summed E-state index contributed by atoms with van der Waals surface area (Å²) in [5.74, 6) is 0. The van der Waals surface area contributed by atoms with Crippen molar-refractivity contribution in [3.63, 3.8) is 0 Å². The van der Waals surface area contributed by atoms with E-state index in [4.69, 9.17) is 0 Å². The molecule has 2 aromatic rings. The third-order valence-corrected chi connectivity index (χ3v) is 6.26. The monoisotopic (exact) mass is 318 g/mol. The summed E-state index contributed by atoms with van der Waals surface area (Å²) in [6.07, 6.45) is 6.04. The van der Waals surface area contributed by atoms with Crippen LogP contribution >= 0.6 is 0 Å². The van der Waals surface area contributed by atoms with Gasteiger partial charge in [-0.25, -0.2) is 0 Å². The molecule has 0 bridgehead atoms. The molecule has 0 saturated heterocycles. The Bertz CT molecular complexity index is 765. The number of nitrogens with one attached hydrogen (secondary N) is 2. The van der Waals surface area contributed by atoms with Crippen LogP contribution in [0, 0.1) is 0 Å². The molecule has 5 rings (SSSR count). The molecule has 0 radical (unpaired) electrons. The fourth-order valence-electron chi connectivity index (χ4n) is 4.94. The Balaban J connectivity index is 1.68. The molecule has 3 aliphatic rings. The SMILES string of the molecule is CC1(C)c2cc3c(cc2Cc2cc4c(cc21)NCCC4)CCCN3. The second-order valence-corrected chi connectivity index (χ2v) is 8.20. The van der Waals surface area contributed by atoms with Crippen LogP contribution < -0.4 is 10.6 Å². The van der Waals surface area contributed by atoms with Crippen molar-refractivity contribution >= 4 is 11.4 Å². The van der Waals surface area contributed by atoms with Crippen LogP contribution in [0.2, 0.25) is 0 Å². The first-order valence-electron chi connectivity index (χ1n) is 9.43. The topological polar surface area (TPSA) is 24.1 Å². The maximum atomic E-state index is 3.61. The van der Waals surface area contributed by atoms with Crippen molar-refractivity contribution in [2.45, 2.75) is 51.4 Å². The minimum absolute atomic E-state index is 0.0746. The molecular weight excluding hydrogens is 292 g/mol. The third-order valence-electron chi connectivity index (χ3n) is 6.26. The molecular formula is C22H26N2. The minimum atomic E-state index is 0.0746. The summed E-state index contributed by atoms with van der Waals surface area (Å²) in [4.78, 5) is 0. The van der Waals surface area contributed by atoms with Gasteiger partial charge in [0.05, 0.1) is 0 Å². The van der Waals surface area contributed by atoms with Crippen LogP contribution in [0.15, 0.2) is 24.3 Å². The van der Waals surface area contributed by atoms with Crippen LogP contribution in [0.1, 0.15) is 60.1 Å². The van der Waals surface area contributed by atoms with Crippen molar-refractivity contribution in [3.05, 3.63) is 57.6 Å². The van der Waals surface area contributed by atoms with Crippen LogP contribution in [0.3, 0.4) is 0 Å². The Kier molecular flexibility index (Phi) is 3.01. The summed E-state index contributed by atoms with van der Waals surface area (Å²) >= 11 is 0. The van der Waals surface area contributed by atoms with Gasteiger partial charge in [0.2, 0.25) is 0 Å². The zero-order chi connectivity index (χ0) is 16.3. The highest BCUT2D eigenvalue weighted by Crippen LogP contribution is 2.45. The summed E-state index contributed by atoms with van der Waals surface area (Å²) in [6, 6.07) is 9.86. The summed E-state index contributed by atoms with van der Waals surface area (Å²) < 4.78 is 0. The molecule has 2 aromatic carbocycles. The first-order valence-corrected chi connectivity index (χ1v) is 9.43. The van der Waals surface area contributed by atoms with E-state index in [1.165, 1.54) is 59.3 Å². The van der Waals surface area contributed by atoms with E-state index in [-0.39, 0.29) is 5.41 Å². The molecule has 0 saturated carbocycles. The van der Waals surface area contributed by atoms with Gasteiger partial charge >= 0.3 is 0 Å². The highest BCUT2D eigenvalue weighted by Gasteiger charge is 2.34. The average molecular weight is 318 g/mol. The molecule has 0 unspecified atom stereocenters. The van der Waals surface area contributed by atoms with Crippen molar-refractivity contribution in [1.82, 2.24) is 0 Å². The van der Waals surface area contributed by atoms with E-state index in [9.17, 15) is 0 Å². The van der Waals surface area contributed by atoms with Gasteiger partial charge in [-0.05, 0) is 77.6 Å². The van der Waals surface area contributed by atoms with Gasteiger partial charge < -0.3 is 10.6 Å². The summed E-state index contributed by atoms with van der Waals surface area (Å²) in [5.41, 5.74) is 11.9. The van der Waals surface area contributed by atoms with Crippen LogP contribution in [0.4, 0.5) is 11.4 Å². The van der Waals surface area contributed by atoms with Gasteiger partial charge in [-0.2, -0.15) is 0 Å². The fraction of sp³-hybridized carbons (Fsp3) is 0.455. The lowest BCUT2D eigenvalue weighted by Gasteiger charge is -2.38. The molecule has 0 amide bonds. The Hall–Kier alpha value is -1.96. The van der Waals surface area contributed by atoms with E-state index in [2.05, 4.69) is 48.7 Å². The van der Waals surface area contributed by atoms with Gasteiger partial charge in [0.15, 0.2) is 0 Å². The van der Waals surface area contributed by atoms with Gasteiger partial charge in [-0.15, -0.1) is 0 Å². The molecule has 0 fully saturated rings. The van der Waals surface area contributed by atoms with Crippen molar-refractivity contribution in [3.8, 4) is 0 Å². The van der Waals surface area contributed by atoms with Crippen molar-refractivity contribution in [1.29, 1.82) is 0 Å². The van der Waals surface area contributed by atoms with E-state index in [0.29, 0.717) is 0 Å². The van der Waals surface area contributed by atoms with Crippen molar-refractivity contribution in [2.24, 2.45) is 0 Å². The van der Waals surface area contributed by atoms with Crippen molar-refractivity contribution in [2.75, 3.05) is 23.7 Å². The standard InChI is InChI=1S/C22H26N2/c1-22(2)18-12-20-14(5-3-7-23-20)9-16(18)11-17-10-15-6-4-8-24-21(15)13-19(17)22/h9-10,12-13,23-24H,3-8,11H2,1-2H3. The number of anilines is 2. The average Bonchev–Trinajstić information content (AvgIpc) is 2.59. The number of fused-ring (bicyclic) bond motifs is 4. The van der Waals surface area contributed by atoms with E-state index in [0.717, 1.165) is 19.5 Å². The first-order chi connectivity index (χ1) is 11.6. The van der Waals surface area contributed by atoms with Crippen LogP contribution in [-0.4, -0.2) is 13.1 Å². The lowest BCUT2D eigenvalue weighted by molar-refractivity contribution is 0.608. The second-order valence-electron chi connectivity index (χ2n) is 8.20. The highest BCUT2D eigenvalue weighted by atomic mass is 14.9. The number of hydrogen-bond donors (Lipinski definition) is 2. The maximum Gasteiger partial charge on any atom is 0.0376 e. The molecule has 1 aliphatic carbocycles. The Labute approximate surface area is 144 Å². The van der Waals surface area contributed by atoms with Gasteiger partial charge in [-0.1, -0.05) is 26.0 Å².